The van der Waals surface area contributed by atoms with Gasteiger partial charge >= 0.3 is 0 Å². The number of aldehydes is 1. The molecule has 72 valence electrons. The zero-order valence-corrected chi connectivity index (χ0v) is 6.87. The number of nitrogens with two attached hydrogens (primary N) is 1. The van der Waals surface area contributed by atoms with Crippen LogP contribution in [0, 0.1) is 11.3 Å². The molecule has 2 N–H and O–H groups in total. The highest BCUT2D eigenvalue weighted by Crippen LogP contribution is 2.28. The molecular formula is C8H5F2N3O. The van der Waals surface area contributed by atoms with Crippen LogP contribution in [0.15, 0.2) is 6.20 Å². The zero-order chi connectivity index (χ0) is 10.7. The topological polar surface area (TPSA) is 79.8 Å². The van der Waals surface area contributed by atoms with Gasteiger partial charge in [-0.05, 0) is 0 Å². The molecule has 0 unspecified atom stereocenters. The molecule has 0 saturated carbocycles. The highest BCUT2D eigenvalue weighted by molar-refractivity contribution is 5.78. The van der Waals surface area contributed by atoms with E-state index in [0.29, 0.717) is 0 Å². The Hall–Kier alpha value is -2.03. The molecule has 0 fully saturated rings. The number of anilines is 1. The molecule has 1 rings (SSSR count). The molecule has 0 radical (unpaired) electrons. The second-order valence-corrected chi connectivity index (χ2v) is 2.42. The number of halogens is 2. The van der Waals surface area contributed by atoms with E-state index in [1.54, 1.807) is 0 Å². The summed E-state index contributed by atoms with van der Waals surface area (Å²) in [5.74, 6) is 0. The average Bonchev–Trinajstić information content (AvgIpc) is 2.16. The van der Waals surface area contributed by atoms with Crippen molar-refractivity contribution >= 4 is 12.0 Å². The Kier molecular flexibility index (Phi) is 2.72. The second kappa shape index (κ2) is 3.79. The van der Waals surface area contributed by atoms with Crippen LogP contribution in [0.4, 0.5) is 14.5 Å². The molecule has 0 aromatic carbocycles. The second-order valence-electron chi connectivity index (χ2n) is 2.42. The summed E-state index contributed by atoms with van der Waals surface area (Å²) in [5, 5.41) is 8.57. The minimum Gasteiger partial charge on any atom is -0.397 e. The number of pyridine rings is 1. The average molecular weight is 197 g/mol. The number of aromatic nitrogens is 1. The maximum atomic E-state index is 12.4. The number of nitrogen functional groups attached to an aromatic ring is 1. The van der Waals surface area contributed by atoms with Gasteiger partial charge in [0.15, 0.2) is 6.29 Å². The molecule has 0 aliphatic rings. The lowest BCUT2D eigenvalue weighted by Crippen LogP contribution is -2.04. The Morgan fingerprint density at radius 1 is 1.64 bits per heavy atom. The summed E-state index contributed by atoms with van der Waals surface area (Å²) >= 11 is 0. The molecule has 0 amide bonds. The van der Waals surface area contributed by atoms with Crippen molar-refractivity contribution in [1.29, 1.82) is 5.26 Å². The first-order valence-corrected chi connectivity index (χ1v) is 3.53. The molecule has 0 aliphatic heterocycles. The van der Waals surface area contributed by atoms with Gasteiger partial charge in [0, 0.05) is 0 Å². The van der Waals surface area contributed by atoms with E-state index in [4.69, 9.17) is 11.0 Å². The van der Waals surface area contributed by atoms with Gasteiger partial charge in [-0.25, -0.2) is 13.8 Å². The highest BCUT2D eigenvalue weighted by atomic mass is 19.3. The van der Waals surface area contributed by atoms with Crippen LogP contribution >= 0.6 is 0 Å². The minimum absolute atomic E-state index is 0.240. The molecule has 1 aromatic heterocycles. The number of nitrogens with zero attached hydrogens (tertiary/aromatic N) is 2. The van der Waals surface area contributed by atoms with Gasteiger partial charge in [-0.3, -0.25) is 4.79 Å². The minimum atomic E-state index is -2.90. The van der Waals surface area contributed by atoms with E-state index in [1.807, 2.05) is 0 Å². The normalized spacial score (nSPS) is 9.86. The van der Waals surface area contributed by atoms with Gasteiger partial charge in [-0.15, -0.1) is 0 Å². The van der Waals surface area contributed by atoms with Crippen LogP contribution in [0.2, 0.25) is 0 Å². The third-order valence-electron chi connectivity index (χ3n) is 1.62. The van der Waals surface area contributed by atoms with Crippen LogP contribution in [0.1, 0.15) is 28.0 Å². The molecular weight excluding hydrogens is 192 g/mol. The maximum absolute atomic E-state index is 12.4. The van der Waals surface area contributed by atoms with Crippen molar-refractivity contribution in [2.75, 3.05) is 5.73 Å². The first-order chi connectivity index (χ1) is 6.61. The molecule has 0 saturated heterocycles. The number of hydrogen-bond donors (Lipinski definition) is 1. The molecule has 6 heteroatoms. The molecule has 0 spiro atoms. The lowest BCUT2D eigenvalue weighted by Gasteiger charge is -2.06. The van der Waals surface area contributed by atoms with Crippen molar-refractivity contribution in [3.05, 3.63) is 23.0 Å². The van der Waals surface area contributed by atoms with Gasteiger partial charge < -0.3 is 5.73 Å². The molecule has 0 atom stereocenters. The summed E-state index contributed by atoms with van der Waals surface area (Å²) in [4.78, 5) is 13.8. The van der Waals surface area contributed by atoms with Crippen LogP contribution in [-0.2, 0) is 0 Å². The van der Waals surface area contributed by atoms with Crippen molar-refractivity contribution in [3.63, 3.8) is 0 Å². The lowest BCUT2D eigenvalue weighted by molar-refractivity contribution is 0.111. The first-order valence-electron chi connectivity index (χ1n) is 3.53. The largest absolute Gasteiger partial charge is 0.397 e. The standard InChI is InChI=1S/C8H5F2N3O/c9-8(10)7-4(1-11)6(3-14)13-2-5(7)12/h2-3,8H,12H2. The third kappa shape index (κ3) is 1.52. The van der Waals surface area contributed by atoms with E-state index < -0.39 is 17.6 Å². The van der Waals surface area contributed by atoms with E-state index in [9.17, 15) is 13.6 Å². The quantitative estimate of drug-likeness (QED) is 0.724. The fourth-order valence-electron chi connectivity index (χ4n) is 0.997. The summed E-state index contributed by atoms with van der Waals surface area (Å²) in [7, 11) is 0. The SMILES string of the molecule is N#Cc1c(C=O)ncc(N)c1C(F)F. The van der Waals surface area contributed by atoms with E-state index in [1.165, 1.54) is 6.07 Å². The number of carbonyl (C=O) groups excluding carboxylic acids is 1. The van der Waals surface area contributed by atoms with E-state index in [2.05, 4.69) is 4.98 Å². The Balaban J connectivity index is 3.52. The number of alkyl halides is 2. The Labute approximate surface area is 78.0 Å². The van der Waals surface area contributed by atoms with E-state index >= 15 is 0 Å². The Morgan fingerprint density at radius 3 is 2.71 bits per heavy atom. The van der Waals surface area contributed by atoms with Gasteiger partial charge in [0.1, 0.15) is 11.8 Å². The summed E-state index contributed by atoms with van der Waals surface area (Å²) in [6, 6.07) is 1.48. The van der Waals surface area contributed by atoms with Gasteiger partial charge in [-0.1, -0.05) is 0 Å². The summed E-state index contributed by atoms with van der Waals surface area (Å²) in [6.45, 7) is 0. The molecule has 0 bridgehead atoms. The highest BCUT2D eigenvalue weighted by Gasteiger charge is 2.20. The van der Waals surface area contributed by atoms with Crippen molar-refractivity contribution in [1.82, 2.24) is 4.98 Å². The number of carbonyl (C=O) groups is 1. The summed E-state index contributed by atoms with van der Waals surface area (Å²) in [5.41, 5.74) is 3.50. The van der Waals surface area contributed by atoms with Crippen LogP contribution in [-0.4, -0.2) is 11.3 Å². The van der Waals surface area contributed by atoms with Crippen molar-refractivity contribution in [2.45, 2.75) is 6.43 Å². The fourth-order valence-corrected chi connectivity index (χ4v) is 0.997. The molecule has 1 heterocycles. The van der Waals surface area contributed by atoms with Gasteiger partial charge in [0.25, 0.3) is 6.43 Å². The Bertz CT molecular complexity index is 412. The van der Waals surface area contributed by atoms with Crippen molar-refractivity contribution < 1.29 is 13.6 Å². The van der Waals surface area contributed by atoms with Crippen LogP contribution in [0.3, 0.4) is 0 Å². The fraction of sp³-hybridized carbons (Fsp3) is 0.125. The zero-order valence-electron chi connectivity index (χ0n) is 6.87. The van der Waals surface area contributed by atoms with Crippen molar-refractivity contribution in [2.24, 2.45) is 0 Å². The molecule has 0 aliphatic carbocycles. The number of hydrogen-bond acceptors (Lipinski definition) is 4. The molecule has 1 aromatic rings. The summed E-state index contributed by atoms with van der Waals surface area (Å²) < 4.78 is 24.8. The molecule has 4 nitrogen and oxygen atoms in total. The van der Waals surface area contributed by atoms with Gasteiger partial charge in [-0.2, -0.15) is 5.26 Å². The molecule has 14 heavy (non-hydrogen) atoms. The van der Waals surface area contributed by atoms with E-state index in [-0.39, 0.29) is 17.7 Å². The maximum Gasteiger partial charge on any atom is 0.267 e. The van der Waals surface area contributed by atoms with Gasteiger partial charge in [0.05, 0.1) is 23.0 Å². The third-order valence-corrected chi connectivity index (χ3v) is 1.62. The number of nitriles is 1. The Morgan fingerprint density at radius 2 is 2.29 bits per heavy atom. The summed E-state index contributed by atoms with van der Waals surface area (Å²) in [6.07, 6.45) is -1.72. The van der Waals surface area contributed by atoms with Crippen LogP contribution in [0.5, 0.6) is 0 Å². The first kappa shape index (κ1) is 10.1. The van der Waals surface area contributed by atoms with Crippen LogP contribution < -0.4 is 5.73 Å². The lowest BCUT2D eigenvalue weighted by atomic mass is 10.1. The predicted octanol–water partition coefficient (Wildman–Crippen LogP) is 1.29. The number of rotatable bonds is 2. The van der Waals surface area contributed by atoms with Crippen molar-refractivity contribution in [3.8, 4) is 6.07 Å². The predicted molar refractivity (Wildman–Crippen MR) is 43.7 cm³/mol. The smallest absolute Gasteiger partial charge is 0.267 e. The van der Waals surface area contributed by atoms with Gasteiger partial charge in [0.2, 0.25) is 0 Å². The monoisotopic (exact) mass is 197 g/mol. The van der Waals surface area contributed by atoms with E-state index in [0.717, 1.165) is 6.20 Å². The van der Waals surface area contributed by atoms with Crippen LogP contribution in [0.25, 0.3) is 0 Å².